The third kappa shape index (κ3) is 4.47. The Kier molecular flexibility index (Phi) is 5.99. The molecule has 0 saturated heterocycles. The molecule has 0 unspecified atom stereocenters. The third-order valence-corrected chi connectivity index (χ3v) is 4.77. The van der Waals surface area contributed by atoms with E-state index in [1.54, 1.807) is 24.4 Å². The van der Waals surface area contributed by atoms with E-state index in [9.17, 15) is 15.0 Å². The van der Waals surface area contributed by atoms with Gasteiger partial charge in [-0.25, -0.2) is 4.98 Å². The van der Waals surface area contributed by atoms with Gasteiger partial charge in [-0.3, -0.25) is 9.78 Å². The smallest absolute Gasteiger partial charge is 0.274 e. The fourth-order valence-electron chi connectivity index (χ4n) is 3.36. The summed E-state index contributed by atoms with van der Waals surface area (Å²) in [6.45, 7) is 0.512. The molecule has 7 heteroatoms. The van der Waals surface area contributed by atoms with E-state index in [0.717, 1.165) is 18.8 Å². The van der Waals surface area contributed by atoms with Crippen LogP contribution in [0.5, 0.6) is 11.6 Å². The molecule has 0 spiro atoms. The molecule has 1 amide bonds. The van der Waals surface area contributed by atoms with Gasteiger partial charge < -0.3 is 15.5 Å². The van der Waals surface area contributed by atoms with Crippen molar-refractivity contribution in [2.24, 2.45) is 5.92 Å². The summed E-state index contributed by atoms with van der Waals surface area (Å²) in [5, 5.41) is 22.5. The van der Waals surface area contributed by atoms with Gasteiger partial charge in [0.2, 0.25) is 5.75 Å². The number of pyridine rings is 1. The number of nitrogens with zero attached hydrogens (tertiary/aromatic N) is 3. The molecule has 1 saturated carbocycles. The average Bonchev–Trinajstić information content (AvgIpc) is 2.68. The lowest BCUT2D eigenvalue weighted by atomic mass is 9.86. The van der Waals surface area contributed by atoms with Crippen molar-refractivity contribution >= 4 is 5.91 Å². The number of carbonyl (C=O) groups excluding carboxylic acids is 1. The highest BCUT2D eigenvalue weighted by molar-refractivity contribution is 5.95. The van der Waals surface area contributed by atoms with E-state index in [1.807, 2.05) is 0 Å². The summed E-state index contributed by atoms with van der Waals surface area (Å²) in [6, 6.07) is 5.15. The topological polar surface area (TPSA) is 108 Å². The molecular formula is C19H24N4O3. The summed E-state index contributed by atoms with van der Waals surface area (Å²) in [4.78, 5) is 24.3. The van der Waals surface area contributed by atoms with Crippen LogP contribution in [0.3, 0.4) is 0 Å². The summed E-state index contributed by atoms with van der Waals surface area (Å²) < 4.78 is 0. The first-order valence-corrected chi connectivity index (χ1v) is 9.14. The van der Waals surface area contributed by atoms with Crippen LogP contribution in [-0.4, -0.2) is 37.6 Å². The monoisotopic (exact) mass is 356 g/mol. The number of carbonyl (C=O) groups is 1. The Hall–Kier alpha value is -2.70. The van der Waals surface area contributed by atoms with Gasteiger partial charge in [-0.1, -0.05) is 38.2 Å². The molecule has 0 bridgehead atoms. The molecule has 0 aliphatic heterocycles. The number of aromatic hydroxyl groups is 2. The zero-order chi connectivity index (χ0) is 18.4. The van der Waals surface area contributed by atoms with E-state index < -0.39 is 17.5 Å². The summed E-state index contributed by atoms with van der Waals surface area (Å²) in [5.74, 6) is -0.926. The molecule has 1 aliphatic carbocycles. The van der Waals surface area contributed by atoms with Crippen molar-refractivity contribution in [3.8, 4) is 23.1 Å². The molecule has 0 radical (unpaired) electrons. The molecule has 26 heavy (non-hydrogen) atoms. The zero-order valence-corrected chi connectivity index (χ0v) is 14.7. The number of aromatic nitrogens is 3. The molecule has 3 rings (SSSR count). The summed E-state index contributed by atoms with van der Waals surface area (Å²) in [7, 11) is 0. The van der Waals surface area contributed by atoms with Gasteiger partial charge in [-0.05, 0) is 30.9 Å². The van der Waals surface area contributed by atoms with Crippen molar-refractivity contribution in [2.75, 3.05) is 6.54 Å². The normalized spacial score (nSPS) is 14.9. The van der Waals surface area contributed by atoms with Crippen LogP contribution in [0.15, 0.2) is 24.4 Å². The van der Waals surface area contributed by atoms with E-state index in [0.29, 0.717) is 12.2 Å². The van der Waals surface area contributed by atoms with E-state index >= 15 is 0 Å². The number of nitrogens with one attached hydrogen (secondary N) is 1. The number of amides is 1. The van der Waals surface area contributed by atoms with Crippen molar-refractivity contribution in [3.63, 3.8) is 0 Å². The lowest BCUT2D eigenvalue weighted by Crippen LogP contribution is -2.26. The fourth-order valence-corrected chi connectivity index (χ4v) is 3.36. The van der Waals surface area contributed by atoms with Crippen molar-refractivity contribution in [1.82, 2.24) is 20.3 Å². The van der Waals surface area contributed by atoms with Crippen molar-refractivity contribution in [2.45, 2.75) is 44.9 Å². The molecule has 2 heterocycles. The van der Waals surface area contributed by atoms with Crippen LogP contribution in [-0.2, 0) is 0 Å². The maximum absolute atomic E-state index is 12.4. The molecule has 0 aromatic carbocycles. The predicted octanol–water partition coefficient (Wildman–Crippen LogP) is 3.04. The van der Waals surface area contributed by atoms with E-state index in [1.165, 1.54) is 32.1 Å². The van der Waals surface area contributed by atoms with E-state index in [4.69, 9.17) is 0 Å². The Morgan fingerprint density at radius 1 is 1.15 bits per heavy atom. The SMILES string of the molecule is O=C(NCCCC1CCCCC1)c1nc(-c2ccccn2)nc(O)c1O. The van der Waals surface area contributed by atoms with Gasteiger partial charge in [-0.2, -0.15) is 4.98 Å². The molecule has 2 aromatic heterocycles. The van der Waals surface area contributed by atoms with Crippen molar-refractivity contribution in [1.29, 1.82) is 0 Å². The highest BCUT2D eigenvalue weighted by Gasteiger charge is 2.20. The van der Waals surface area contributed by atoms with Gasteiger partial charge >= 0.3 is 0 Å². The van der Waals surface area contributed by atoms with Crippen LogP contribution in [0, 0.1) is 5.92 Å². The Morgan fingerprint density at radius 3 is 2.69 bits per heavy atom. The minimum absolute atomic E-state index is 0.0910. The molecule has 0 atom stereocenters. The standard InChI is InChI=1S/C19H24N4O3/c24-16-15(18(25)21-12-6-9-13-7-2-1-3-8-13)22-17(23-19(16)26)14-10-4-5-11-20-14/h4-5,10-11,13,24H,1-3,6-9,12H2,(H,21,25)(H,22,23,26). The van der Waals surface area contributed by atoms with E-state index in [-0.39, 0.29) is 11.5 Å². The summed E-state index contributed by atoms with van der Waals surface area (Å²) >= 11 is 0. The Labute approximate surface area is 152 Å². The van der Waals surface area contributed by atoms with Gasteiger partial charge in [0, 0.05) is 12.7 Å². The number of rotatable bonds is 6. The highest BCUT2D eigenvalue weighted by atomic mass is 16.3. The van der Waals surface area contributed by atoms with Crippen molar-refractivity contribution < 1.29 is 15.0 Å². The van der Waals surface area contributed by atoms with Gasteiger partial charge in [0.1, 0.15) is 5.69 Å². The van der Waals surface area contributed by atoms with Crippen LogP contribution in [0.2, 0.25) is 0 Å². The quantitative estimate of drug-likeness (QED) is 0.687. The minimum atomic E-state index is -0.631. The second-order valence-corrected chi connectivity index (χ2v) is 6.69. The lowest BCUT2D eigenvalue weighted by molar-refractivity contribution is 0.0943. The third-order valence-electron chi connectivity index (χ3n) is 4.77. The molecule has 1 fully saturated rings. The van der Waals surface area contributed by atoms with Crippen LogP contribution >= 0.6 is 0 Å². The first-order chi connectivity index (χ1) is 12.6. The molecule has 2 aromatic rings. The minimum Gasteiger partial charge on any atom is -0.501 e. The predicted molar refractivity (Wildman–Crippen MR) is 96.7 cm³/mol. The van der Waals surface area contributed by atoms with Gasteiger partial charge in [-0.15, -0.1) is 0 Å². The summed E-state index contributed by atoms with van der Waals surface area (Å²) in [6.07, 6.45) is 10.1. The largest absolute Gasteiger partial charge is 0.501 e. The van der Waals surface area contributed by atoms with Gasteiger partial charge in [0.15, 0.2) is 11.5 Å². The van der Waals surface area contributed by atoms with Gasteiger partial charge in [0.25, 0.3) is 11.8 Å². The second kappa shape index (κ2) is 8.60. The number of hydrogen-bond acceptors (Lipinski definition) is 6. The molecule has 7 nitrogen and oxygen atoms in total. The summed E-state index contributed by atoms with van der Waals surface area (Å²) in [5.41, 5.74) is 0.171. The van der Waals surface area contributed by atoms with Crippen molar-refractivity contribution in [3.05, 3.63) is 30.1 Å². The molecule has 1 aliphatic rings. The van der Waals surface area contributed by atoms with Crippen LogP contribution in [0.1, 0.15) is 55.4 Å². The Bertz CT molecular complexity index is 746. The molecule has 3 N–H and O–H groups in total. The van der Waals surface area contributed by atoms with Crippen LogP contribution < -0.4 is 5.32 Å². The Balaban J connectivity index is 1.62. The first-order valence-electron chi connectivity index (χ1n) is 9.14. The fraction of sp³-hybridized carbons (Fsp3) is 0.474. The Morgan fingerprint density at radius 2 is 1.96 bits per heavy atom. The second-order valence-electron chi connectivity index (χ2n) is 6.69. The van der Waals surface area contributed by atoms with Crippen LogP contribution in [0.4, 0.5) is 0 Å². The first kappa shape index (κ1) is 18.1. The zero-order valence-electron chi connectivity index (χ0n) is 14.7. The van der Waals surface area contributed by atoms with Gasteiger partial charge in [0.05, 0.1) is 0 Å². The maximum atomic E-state index is 12.4. The molecular weight excluding hydrogens is 332 g/mol. The lowest BCUT2D eigenvalue weighted by Gasteiger charge is -2.21. The van der Waals surface area contributed by atoms with E-state index in [2.05, 4.69) is 20.3 Å². The highest BCUT2D eigenvalue weighted by Crippen LogP contribution is 2.28. The molecule has 138 valence electrons. The average molecular weight is 356 g/mol. The maximum Gasteiger partial charge on any atom is 0.274 e. The van der Waals surface area contributed by atoms with Crippen LogP contribution in [0.25, 0.3) is 11.5 Å². The number of hydrogen-bond donors (Lipinski definition) is 3.